The van der Waals surface area contributed by atoms with Crippen molar-refractivity contribution in [2.45, 2.75) is 19.3 Å². The van der Waals surface area contributed by atoms with E-state index >= 15 is 0 Å². The normalized spacial score (nSPS) is 14.5. The van der Waals surface area contributed by atoms with Crippen LogP contribution in [-0.2, 0) is 20.7 Å². The maximum Gasteiger partial charge on any atom is 0.408 e. The predicted octanol–water partition coefficient (Wildman–Crippen LogP) is 2.17. The monoisotopic (exact) mass is 327 g/mol. The highest BCUT2D eigenvalue weighted by Gasteiger charge is 2.31. The Hall–Kier alpha value is -2.11. The van der Waals surface area contributed by atoms with Crippen molar-refractivity contribution in [3.05, 3.63) is 48.0 Å². The Bertz CT molecular complexity index is 601. The summed E-state index contributed by atoms with van der Waals surface area (Å²) in [4.78, 5) is 32.0. The quantitative estimate of drug-likeness (QED) is 0.522. The van der Waals surface area contributed by atoms with E-state index in [0.29, 0.717) is 0 Å². The van der Waals surface area contributed by atoms with E-state index in [9.17, 15) is 19.0 Å². The molecule has 0 fully saturated rings. The molecule has 0 aromatic heterocycles. The van der Waals surface area contributed by atoms with Crippen LogP contribution in [0.4, 0.5) is 4.79 Å². The molecule has 0 aliphatic rings. The lowest BCUT2D eigenvalue weighted by molar-refractivity contribution is -0.132. The van der Waals surface area contributed by atoms with Gasteiger partial charge in [0.15, 0.2) is 0 Å². The zero-order valence-corrected chi connectivity index (χ0v) is 13.0. The van der Waals surface area contributed by atoms with Gasteiger partial charge in [-0.05, 0) is 12.5 Å². The second-order valence-electron chi connectivity index (χ2n) is 4.70. The summed E-state index contributed by atoms with van der Waals surface area (Å²) in [7, 11) is -3.94. The minimum absolute atomic E-state index is 0.0248. The lowest BCUT2D eigenvalue weighted by Crippen LogP contribution is -2.33. The molecule has 0 radical (unpaired) electrons. The summed E-state index contributed by atoms with van der Waals surface area (Å²) in [6.07, 6.45) is -1.46. The van der Waals surface area contributed by atoms with Crippen molar-refractivity contribution in [3.8, 4) is 0 Å². The predicted molar refractivity (Wildman–Crippen MR) is 80.7 cm³/mol. The molecule has 0 heterocycles. The van der Waals surface area contributed by atoms with Gasteiger partial charge in [0.1, 0.15) is 12.4 Å². The SMILES string of the molecule is C=C(CP(=O)(O)C(C)NC(=O)OCc1ccccc1)C(=O)O. The van der Waals surface area contributed by atoms with Crippen molar-refractivity contribution >= 4 is 19.4 Å². The van der Waals surface area contributed by atoms with Crippen molar-refractivity contribution in [1.82, 2.24) is 5.32 Å². The van der Waals surface area contributed by atoms with Gasteiger partial charge in [-0.15, -0.1) is 0 Å². The summed E-state index contributed by atoms with van der Waals surface area (Å²) in [5.74, 6) is -2.50. The summed E-state index contributed by atoms with van der Waals surface area (Å²) < 4.78 is 16.9. The zero-order valence-electron chi connectivity index (χ0n) is 12.1. The number of carboxylic acids is 1. The minimum atomic E-state index is -3.94. The highest BCUT2D eigenvalue weighted by Crippen LogP contribution is 2.46. The number of rotatable bonds is 7. The van der Waals surface area contributed by atoms with Crippen molar-refractivity contribution in [2.75, 3.05) is 6.16 Å². The van der Waals surface area contributed by atoms with E-state index in [1.165, 1.54) is 6.92 Å². The van der Waals surface area contributed by atoms with E-state index in [1.807, 2.05) is 6.07 Å². The molecule has 1 rings (SSSR count). The van der Waals surface area contributed by atoms with Crippen LogP contribution in [0.2, 0.25) is 0 Å². The number of alkyl carbamates (subject to hydrolysis) is 1. The third-order valence-corrected chi connectivity index (χ3v) is 5.04. The molecule has 0 aliphatic carbocycles. The molecule has 120 valence electrons. The number of nitrogens with one attached hydrogen (secondary N) is 1. The number of benzene rings is 1. The number of amides is 1. The maximum atomic E-state index is 12.0. The van der Waals surface area contributed by atoms with Gasteiger partial charge in [-0.25, -0.2) is 9.59 Å². The first-order valence-electron chi connectivity index (χ1n) is 6.42. The first-order chi connectivity index (χ1) is 10.2. The van der Waals surface area contributed by atoms with Crippen LogP contribution in [0.5, 0.6) is 0 Å². The van der Waals surface area contributed by atoms with Crippen LogP contribution in [0.25, 0.3) is 0 Å². The number of carbonyl (C=O) groups excluding carboxylic acids is 1. The minimum Gasteiger partial charge on any atom is -0.478 e. The van der Waals surface area contributed by atoms with Gasteiger partial charge in [0.25, 0.3) is 0 Å². The molecule has 7 nitrogen and oxygen atoms in total. The third-order valence-electron chi connectivity index (χ3n) is 2.86. The second-order valence-corrected chi connectivity index (χ2v) is 7.31. The number of ether oxygens (including phenoxy) is 1. The fourth-order valence-electron chi connectivity index (χ4n) is 1.51. The lowest BCUT2D eigenvalue weighted by atomic mass is 10.2. The Morgan fingerprint density at radius 2 is 1.95 bits per heavy atom. The van der Waals surface area contributed by atoms with Crippen LogP contribution in [0.3, 0.4) is 0 Å². The van der Waals surface area contributed by atoms with E-state index < -0.39 is 36.9 Å². The van der Waals surface area contributed by atoms with E-state index in [0.717, 1.165) is 5.56 Å². The van der Waals surface area contributed by atoms with Crippen molar-refractivity contribution in [1.29, 1.82) is 0 Å². The van der Waals surface area contributed by atoms with Gasteiger partial charge < -0.3 is 20.1 Å². The number of carbonyl (C=O) groups is 2. The Balaban J connectivity index is 2.50. The summed E-state index contributed by atoms with van der Waals surface area (Å²) in [6, 6.07) is 8.94. The highest BCUT2D eigenvalue weighted by atomic mass is 31.2. The van der Waals surface area contributed by atoms with Crippen LogP contribution < -0.4 is 5.32 Å². The topological polar surface area (TPSA) is 113 Å². The average Bonchev–Trinajstić information content (AvgIpc) is 2.45. The standard InChI is InChI=1S/C14H18NO6P/c1-10(13(16)17)9-22(19,20)11(2)15-14(18)21-8-12-6-4-3-5-7-12/h3-7,11H,1,8-9H2,2H3,(H,15,18)(H,16,17)(H,19,20). The lowest BCUT2D eigenvalue weighted by Gasteiger charge is -2.20. The van der Waals surface area contributed by atoms with Gasteiger partial charge in [-0.1, -0.05) is 36.9 Å². The van der Waals surface area contributed by atoms with Crippen LogP contribution in [-0.4, -0.2) is 34.0 Å². The zero-order chi connectivity index (χ0) is 16.8. The van der Waals surface area contributed by atoms with Crippen LogP contribution >= 0.6 is 7.37 Å². The summed E-state index contributed by atoms with van der Waals surface area (Å²) in [6.45, 7) is 4.53. The molecule has 2 atom stereocenters. The maximum absolute atomic E-state index is 12.0. The molecule has 1 aromatic rings. The molecular weight excluding hydrogens is 309 g/mol. The molecular formula is C14H18NO6P. The summed E-state index contributed by atoms with van der Waals surface area (Å²) >= 11 is 0. The van der Waals surface area contributed by atoms with Gasteiger partial charge in [-0.3, -0.25) is 4.57 Å². The Morgan fingerprint density at radius 3 is 2.50 bits per heavy atom. The Morgan fingerprint density at radius 1 is 1.36 bits per heavy atom. The Kier molecular flexibility index (Phi) is 6.34. The van der Waals surface area contributed by atoms with Crippen LogP contribution in [0.1, 0.15) is 12.5 Å². The average molecular weight is 327 g/mol. The van der Waals surface area contributed by atoms with Crippen molar-refractivity contribution in [2.24, 2.45) is 0 Å². The van der Waals surface area contributed by atoms with Gasteiger partial charge in [0, 0.05) is 5.57 Å². The second kappa shape index (κ2) is 7.77. The largest absolute Gasteiger partial charge is 0.478 e. The number of aliphatic carboxylic acids is 1. The van der Waals surface area contributed by atoms with Crippen molar-refractivity contribution in [3.63, 3.8) is 0 Å². The fourth-order valence-corrected chi connectivity index (χ4v) is 2.78. The number of hydrogen-bond acceptors (Lipinski definition) is 4. The van der Waals surface area contributed by atoms with Gasteiger partial charge in [-0.2, -0.15) is 0 Å². The van der Waals surface area contributed by atoms with E-state index in [1.54, 1.807) is 24.3 Å². The van der Waals surface area contributed by atoms with Crippen LogP contribution in [0.15, 0.2) is 42.5 Å². The molecule has 22 heavy (non-hydrogen) atoms. The molecule has 1 aromatic carbocycles. The van der Waals surface area contributed by atoms with Crippen molar-refractivity contribution < 1.29 is 28.9 Å². The van der Waals surface area contributed by atoms with E-state index in [2.05, 4.69) is 11.9 Å². The number of hydrogen-bond donors (Lipinski definition) is 3. The molecule has 0 bridgehead atoms. The van der Waals surface area contributed by atoms with Gasteiger partial charge in [0.2, 0.25) is 7.37 Å². The van der Waals surface area contributed by atoms with E-state index in [4.69, 9.17) is 9.84 Å². The number of carboxylic acid groups (broad SMARTS) is 1. The smallest absolute Gasteiger partial charge is 0.408 e. The van der Waals surface area contributed by atoms with E-state index in [-0.39, 0.29) is 6.61 Å². The first-order valence-corrected chi connectivity index (χ1v) is 8.33. The first kappa shape index (κ1) is 17.9. The van der Waals surface area contributed by atoms with Gasteiger partial charge >= 0.3 is 12.1 Å². The molecule has 0 saturated heterocycles. The molecule has 0 aliphatic heterocycles. The molecule has 2 unspecified atom stereocenters. The highest BCUT2D eigenvalue weighted by molar-refractivity contribution is 7.59. The Labute approximate surface area is 128 Å². The molecule has 1 amide bonds. The summed E-state index contributed by atoms with van der Waals surface area (Å²) in [5.41, 5.74) is 0.383. The fraction of sp³-hybridized carbons (Fsp3) is 0.286. The third kappa shape index (κ3) is 5.71. The molecule has 3 N–H and O–H groups in total. The molecule has 0 saturated carbocycles. The molecule has 8 heteroatoms. The van der Waals surface area contributed by atoms with Crippen LogP contribution in [0, 0.1) is 0 Å². The van der Waals surface area contributed by atoms with Gasteiger partial charge in [0.05, 0.1) is 6.16 Å². The summed E-state index contributed by atoms with van der Waals surface area (Å²) in [5, 5.41) is 10.9. The molecule has 0 spiro atoms.